The maximum absolute atomic E-state index is 14.8. The van der Waals surface area contributed by atoms with Gasteiger partial charge in [-0.3, -0.25) is 9.36 Å². The van der Waals surface area contributed by atoms with Crippen LogP contribution in [0.4, 0.5) is 87.8 Å². The Hall–Kier alpha value is -3.03. The van der Waals surface area contributed by atoms with Gasteiger partial charge in [0, 0.05) is 14.1 Å². The lowest BCUT2D eigenvalue weighted by atomic mass is 9.95. The lowest BCUT2D eigenvalue weighted by Crippen LogP contribution is -2.63. The Morgan fingerprint density at radius 3 is 1.00 bits per heavy atom. The van der Waals surface area contributed by atoms with Gasteiger partial charge in [-0.05, 0) is 0 Å². The molecule has 45 heavy (non-hydrogen) atoms. The third-order valence-corrected chi connectivity index (χ3v) is 7.90. The Labute approximate surface area is 234 Å². The third kappa shape index (κ3) is 4.88. The molecule has 0 aliphatic heterocycles. The van der Waals surface area contributed by atoms with Gasteiger partial charge >= 0.3 is 60.2 Å². The van der Waals surface area contributed by atoms with Crippen LogP contribution in [-0.2, 0) is 35.8 Å². The zero-order chi connectivity index (χ0) is 35.9. The Balaban J connectivity index is 2.93. The van der Waals surface area contributed by atoms with Gasteiger partial charge in [-0.2, -0.15) is 80.4 Å². The van der Waals surface area contributed by atoms with E-state index in [-0.39, 0.29) is 14.1 Å². The summed E-state index contributed by atoms with van der Waals surface area (Å²) in [6, 6.07) is 0. The van der Waals surface area contributed by atoms with Gasteiger partial charge in [-0.25, -0.2) is 26.0 Å². The first-order chi connectivity index (χ1) is 19.7. The highest BCUT2D eigenvalue weighted by atomic mass is 32.2. The summed E-state index contributed by atoms with van der Waals surface area (Å²) in [5.41, 5.74) is -6.40. The molecule has 0 atom stereocenters. The quantitative estimate of drug-likeness (QED) is 0.234. The normalized spacial score (nSPS) is 15.5. The molecule has 0 radical (unpaired) electrons. The molecule has 0 N–H and O–H groups in total. The Morgan fingerprint density at radius 1 is 0.533 bits per heavy atom. The van der Waals surface area contributed by atoms with Crippen LogP contribution < -0.4 is 0 Å². The number of alkyl halides is 20. The van der Waals surface area contributed by atoms with Crippen LogP contribution in [0, 0.1) is 0 Å². The van der Waals surface area contributed by atoms with Gasteiger partial charge in [0.15, 0.2) is 10.1 Å². The number of sulfone groups is 1. The van der Waals surface area contributed by atoms with Crippen molar-refractivity contribution in [2.24, 2.45) is 14.1 Å². The smallest absolute Gasteiger partial charge is 0.256 e. The summed E-state index contributed by atoms with van der Waals surface area (Å²) >= 11 is 0. The molecule has 0 saturated heterocycles. The van der Waals surface area contributed by atoms with Gasteiger partial charge in [0.05, 0.1) is 23.5 Å². The van der Waals surface area contributed by atoms with E-state index in [1.165, 1.54) is 0 Å². The number of aromatic nitrogens is 4. The fraction of sp³-hybridized carbons (Fsp3) is 0.667. The van der Waals surface area contributed by atoms with E-state index in [1.54, 1.807) is 0 Å². The van der Waals surface area contributed by atoms with Gasteiger partial charge in [-0.1, -0.05) is 0 Å². The first-order valence-corrected chi connectivity index (χ1v) is 12.0. The van der Waals surface area contributed by atoms with Crippen molar-refractivity contribution in [3.8, 4) is 0 Å². The second-order valence-corrected chi connectivity index (χ2v) is 10.6. The second-order valence-electron chi connectivity index (χ2n) is 8.77. The molecule has 0 saturated carbocycles. The maximum Gasteiger partial charge on any atom is 0.384 e. The molecule has 0 aliphatic carbocycles. The van der Waals surface area contributed by atoms with Gasteiger partial charge < -0.3 is 0 Å². The minimum Gasteiger partial charge on any atom is -0.256 e. The van der Waals surface area contributed by atoms with Crippen LogP contribution in [0.15, 0.2) is 22.4 Å². The average molecular weight is 726 g/mol. The van der Waals surface area contributed by atoms with Crippen molar-refractivity contribution in [2.45, 2.75) is 70.3 Å². The van der Waals surface area contributed by atoms with Gasteiger partial charge in [0.25, 0.3) is 0 Å². The first-order valence-electron chi connectivity index (χ1n) is 10.6. The van der Waals surface area contributed by atoms with Gasteiger partial charge in [0.1, 0.15) is 0 Å². The molecule has 260 valence electrons. The van der Waals surface area contributed by atoms with Gasteiger partial charge in [0.2, 0.25) is 9.84 Å². The number of rotatable bonds is 12. The van der Waals surface area contributed by atoms with Crippen LogP contribution in [0.3, 0.4) is 0 Å². The fourth-order valence-corrected chi connectivity index (χ4v) is 5.35. The van der Waals surface area contributed by atoms with E-state index in [9.17, 15) is 96.2 Å². The van der Waals surface area contributed by atoms with E-state index in [4.69, 9.17) is 0 Å². The summed E-state index contributed by atoms with van der Waals surface area (Å²) in [5, 5.41) is -0.383. The summed E-state index contributed by atoms with van der Waals surface area (Å²) < 4.78 is 299. The van der Waals surface area contributed by atoms with Crippen LogP contribution >= 0.6 is 0 Å². The topological polar surface area (TPSA) is 69.8 Å². The molecule has 2 aromatic rings. The number of hydrogen-bond donors (Lipinski definition) is 0. The molecule has 0 aromatic carbocycles. The molecule has 0 unspecified atom stereocenters. The predicted octanol–water partition coefficient (Wildman–Crippen LogP) is 6.51. The molecule has 6 nitrogen and oxygen atoms in total. The van der Waals surface area contributed by atoms with E-state index in [0.717, 1.165) is 0 Å². The predicted molar refractivity (Wildman–Crippen MR) is 101 cm³/mol. The standard InChI is InChI=1S/C18H10F20N4O2S/c1-41-7(5(3-39-41)11(23,24)15(31,32)17(35,36)13(27,28)9(19)20)45(43,44)8-6(4-40-42(8)2)12(25,26)16(33,34)18(37,38)14(29,30)10(21)22/h3-4,9-10H,1-2H3. The van der Waals surface area contributed by atoms with Crippen molar-refractivity contribution in [3.05, 3.63) is 23.5 Å². The number of halogens is 20. The lowest BCUT2D eigenvalue weighted by Gasteiger charge is -2.36. The molecule has 0 spiro atoms. The van der Waals surface area contributed by atoms with Crippen LogP contribution in [0.1, 0.15) is 11.1 Å². The van der Waals surface area contributed by atoms with Crippen molar-refractivity contribution in [3.63, 3.8) is 0 Å². The van der Waals surface area contributed by atoms with Gasteiger partial charge in [-0.15, -0.1) is 0 Å². The van der Waals surface area contributed by atoms with Crippen LogP contribution in [0.2, 0.25) is 0 Å². The zero-order valence-electron chi connectivity index (χ0n) is 20.9. The molecule has 0 bridgehead atoms. The third-order valence-electron chi connectivity index (χ3n) is 5.92. The molecule has 0 aliphatic rings. The summed E-state index contributed by atoms with van der Waals surface area (Å²) in [7, 11) is -6.68. The molecule has 2 heterocycles. The molecular weight excluding hydrogens is 716 g/mol. The summed E-state index contributed by atoms with van der Waals surface area (Å²) in [5.74, 6) is -59.7. The number of aryl methyl sites for hydroxylation is 2. The zero-order valence-corrected chi connectivity index (χ0v) is 21.7. The SMILES string of the molecule is Cn1ncc(C(F)(F)C(F)(F)C(F)(F)C(F)(F)C(F)F)c1S(=O)(=O)c1c(C(F)(F)C(F)(F)C(F)(F)C(F)(F)C(F)F)cnn1C. The van der Waals surface area contributed by atoms with E-state index >= 15 is 0 Å². The summed E-state index contributed by atoms with van der Waals surface area (Å²) in [6.07, 6.45) is -13.2. The summed E-state index contributed by atoms with van der Waals surface area (Å²) in [6.45, 7) is 0. The van der Waals surface area contributed by atoms with Crippen LogP contribution in [0.5, 0.6) is 0 Å². The van der Waals surface area contributed by atoms with Crippen molar-refractivity contribution < 1.29 is 96.2 Å². The largest absolute Gasteiger partial charge is 0.384 e. The average Bonchev–Trinajstić information content (AvgIpc) is 3.47. The Bertz CT molecular complexity index is 1420. The molecule has 0 fully saturated rings. The summed E-state index contributed by atoms with van der Waals surface area (Å²) in [4.78, 5) is 0. The molecule has 27 heteroatoms. The van der Waals surface area contributed by atoms with E-state index in [2.05, 4.69) is 10.2 Å². The maximum atomic E-state index is 14.8. The highest BCUT2D eigenvalue weighted by Crippen LogP contribution is 2.60. The second kappa shape index (κ2) is 10.5. The van der Waals surface area contributed by atoms with Crippen LogP contribution in [0.25, 0.3) is 0 Å². The monoisotopic (exact) mass is 726 g/mol. The minimum atomic E-state index is -7.76. The van der Waals surface area contributed by atoms with Crippen LogP contribution in [-0.4, -0.2) is 76.4 Å². The van der Waals surface area contributed by atoms with E-state index < -0.39 is 113 Å². The molecular formula is C18H10F20N4O2S. The lowest BCUT2D eigenvalue weighted by molar-refractivity contribution is -0.387. The number of nitrogens with zero attached hydrogens (tertiary/aromatic N) is 4. The van der Waals surface area contributed by atoms with E-state index in [0.29, 0.717) is 0 Å². The Kier molecular flexibility index (Phi) is 8.90. The van der Waals surface area contributed by atoms with Crippen molar-refractivity contribution in [1.29, 1.82) is 0 Å². The highest BCUT2D eigenvalue weighted by Gasteiger charge is 2.85. The molecule has 2 rings (SSSR count). The van der Waals surface area contributed by atoms with E-state index in [1.807, 2.05) is 0 Å². The molecule has 2 aromatic heterocycles. The molecule has 0 amide bonds. The first kappa shape index (κ1) is 38.2. The van der Waals surface area contributed by atoms with Crippen molar-refractivity contribution in [1.82, 2.24) is 19.6 Å². The number of hydrogen-bond acceptors (Lipinski definition) is 4. The Morgan fingerprint density at radius 2 is 0.778 bits per heavy atom. The fourth-order valence-electron chi connectivity index (χ4n) is 3.44. The minimum absolute atomic E-state index is 0.0800. The van der Waals surface area contributed by atoms with Crippen molar-refractivity contribution >= 4 is 9.84 Å². The highest BCUT2D eigenvalue weighted by molar-refractivity contribution is 7.91. The van der Waals surface area contributed by atoms with Crippen molar-refractivity contribution in [2.75, 3.05) is 0 Å².